The van der Waals surface area contributed by atoms with Crippen LogP contribution >= 0.6 is 0 Å². The van der Waals surface area contributed by atoms with Gasteiger partial charge in [-0.05, 0) is 24.6 Å². The Morgan fingerprint density at radius 2 is 2.19 bits per heavy atom. The predicted molar refractivity (Wildman–Crippen MR) is 59.7 cm³/mol. The molecule has 1 aromatic heterocycles. The quantitative estimate of drug-likeness (QED) is 0.587. The Kier molecular flexibility index (Phi) is 2.92. The average Bonchev–Trinajstić information content (AvgIpc) is 2.25. The predicted octanol–water partition coefficient (Wildman–Crippen LogP) is 2.08. The van der Waals surface area contributed by atoms with Gasteiger partial charge in [0, 0.05) is 13.2 Å². The molecule has 0 atom stereocenters. The van der Waals surface area contributed by atoms with E-state index in [-0.39, 0.29) is 12.4 Å². The SMILES string of the molecule is COCOc1cccc2oc(=O)cc(C)c12. The lowest BCUT2D eigenvalue weighted by Gasteiger charge is -2.08. The molecule has 2 aromatic rings. The van der Waals surface area contributed by atoms with Crippen LogP contribution in [0.3, 0.4) is 0 Å². The fourth-order valence-corrected chi connectivity index (χ4v) is 1.61. The van der Waals surface area contributed by atoms with Crippen LogP contribution in [0.4, 0.5) is 0 Å². The maximum atomic E-state index is 11.2. The van der Waals surface area contributed by atoms with Gasteiger partial charge in [-0.2, -0.15) is 0 Å². The summed E-state index contributed by atoms with van der Waals surface area (Å²) >= 11 is 0. The van der Waals surface area contributed by atoms with Gasteiger partial charge in [-0.15, -0.1) is 0 Å². The second kappa shape index (κ2) is 4.37. The Balaban J connectivity index is 2.62. The van der Waals surface area contributed by atoms with Crippen molar-refractivity contribution < 1.29 is 13.9 Å². The van der Waals surface area contributed by atoms with E-state index in [9.17, 15) is 4.79 Å². The first-order valence-electron chi connectivity index (χ1n) is 4.87. The molecule has 4 heteroatoms. The van der Waals surface area contributed by atoms with Crippen molar-refractivity contribution in [2.24, 2.45) is 0 Å². The van der Waals surface area contributed by atoms with Crippen molar-refractivity contribution >= 4 is 11.0 Å². The van der Waals surface area contributed by atoms with Crippen LogP contribution in [-0.2, 0) is 4.74 Å². The fourth-order valence-electron chi connectivity index (χ4n) is 1.61. The molecule has 2 rings (SSSR count). The fraction of sp³-hybridized carbons (Fsp3) is 0.250. The number of hydrogen-bond donors (Lipinski definition) is 0. The molecule has 0 spiro atoms. The molecule has 0 aliphatic heterocycles. The molecule has 0 amide bonds. The lowest BCUT2D eigenvalue weighted by Crippen LogP contribution is -2.02. The molecule has 84 valence electrons. The molecule has 4 nitrogen and oxygen atoms in total. The molecule has 16 heavy (non-hydrogen) atoms. The van der Waals surface area contributed by atoms with Crippen LogP contribution in [0.2, 0.25) is 0 Å². The number of methoxy groups -OCH3 is 1. The summed E-state index contributed by atoms with van der Waals surface area (Å²) in [5.74, 6) is 0.653. The number of rotatable bonds is 3. The van der Waals surface area contributed by atoms with Crippen molar-refractivity contribution in [2.75, 3.05) is 13.9 Å². The highest BCUT2D eigenvalue weighted by molar-refractivity contribution is 5.86. The van der Waals surface area contributed by atoms with Crippen molar-refractivity contribution in [3.8, 4) is 5.75 Å². The second-order valence-electron chi connectivity index (χ2n) is 3.43. The number of fused-ring (bicyclic) bond motifs is 1. The molecule has 0 unspecified atom stereocenters. The molecule has 1 heterocycles. The van der Waals surface area contributed by atoms with E-state index in [0.29, 0.717) is 11.3 Å². The summed E-state index contributed by atoms with van der Waals surface area (Å²) in [6, 6.07) is 6.77. The van der Waals surface area contributed by atoms with Crippen LogP contribution in [-0.4, -0.2) is 13.9 Å². The Morgan fingerprint density at radius 1 is 1.38 bits per heavy atom. The summed E-state index contributed by atoms with van der Waals surface area (Å²) in [4.78, 5) is 11.2. The zero-order valence-electron chi connectivity index (χ0n) is 9.15. The maximum Gasteiger partial charge on any atom is 0.336 e. The van der Waals surface area contributed by atoms with E-state index in [1.165, 1.54) is 6.07 Å². The summed E-state index contributed by atoms with van der Waals surface area (Å²) < 4.78 is 15.3. The summed E-state index contributed by atoms with van der Waals surface area (Å²) in [5, 5.41) is 0.805. The Hall–Kier alpha value is -1.81. The highest BCUT2D eigenvalue weighted by Crippen LogP contribution is 2.27. The van der Waals surface area contributed by atoms with Crippen LogP contribution in [0.15, 0.2) is 33.5 Å². The third-order valence-corrected chi connectivity index (χ3v) is 2.26. The zero-order chi connectivity index (χ0) is 11.5. The van der Waals surface area contributed by atoms with Crippen LogP contribution < -0.4 is 10.4 Å². The standard InChI is InChI=1S/C12H12O4/c1-8-6-11(13)16-10-5-3-4-9(12(8)10)15-7-14-2/h3-6H,7H2,1-2H3. The number of aryl methyl sites for hydroxylation is 1. The largest absolute Gasteiger partial charge is 0.467 e. The third kappa shape index (κ3) is 1.92. The smallest absolute Gasteiger partial charge is 0.336 e. The summed E-state index contributed by atoms with van der Waals surface area (Å²) in [7, 11) is 1.55. The first-order valence-corrected chi connectivity index (χ1v) is 4.87. The molecule has 0 saturated heterocycles. The molecule has 0 saturated carbocycles. The van der Waals surface area contributed by atoms with Gasteiger partial charge in [0.2, 0.25) is 0 Å². The minimum Gasteiger partial charge on any atom is -0.467 e. The van der Waals surface area contributed by atoms with Gasteiger partial charge in [-0.1, -0.05) is 6.07 Å². The van der Waals surface area contributed by atoms with Crippen LogP contribution in [0.1, 0.15) is 5.56 Å². The molecular formula is C12H12O4. The summed E-state index contributed by atoms with van der Waals surface area (Å²) in [5.41, 5.74) is 1.01. The normalized spacial score (nSPS) is 10.6. The van der Waals surface area contributed by atoms with E-state index in [1.54, 1.807) is 19.2 Å². The van der Waals surface area contributed by atoms with Gasteiger partial charge in [0.1, 0.15) is 11.3 Å². The van der Waals surface area contributed by atoms with Crippen LogP contribution in [0, 0.1) is 6.92 Å². The molecule has 0 aliphatic rings. The molecule has 0 aliphatic carbocycles. The Morgan fingerprint density at radius 3 is 2.94 bits per heavy atom. The summed E-state index contributed by atoms with van der Waals surface area (Å²) in [6.45, 7) is 2.01. The van der Waals surface area contributed by atoms with Crippen LogP contribution in [0.5, 0.6) is 5.75 Å². The zero-order valence-corrected chi connectivity index (χ0v) is 9.15. The van der Waals surface area contributed by atoms with Gasteiger partial charge >= 0.3 is 5.63 Å². The molecule has 0 N–H and O–H groups in total. The van der Waals surface area contributed by atoms with Crippen molar-refractivity contribution in [3.05, 3.63) is 40.2 Å². The average molecular weight is 220 g/mol. The van der Waals surface area contributed by atoms with Crippen molar-refractivity contribution in [3.63, 3.8) is 0 Å². The van der Waals surface area contributed by atoms with Crippen molar-refractivity contribution in [1.29, 1.82) is 0 Å². The van der Waals surface area contributed by atoms with Gasteiger partial charge in [0.05, 0.1) is 5.39 Å². The molecule has 1 aromatic carbocycles. The minimum absolute atomic E-state index is 0.164. The van der Waals surface area contributed by atoms with Gasteiger partial charge in [0.25, 0.3) is 0 Å². The Bertz CT molecular complexity index is 556. The lowest BCUT2D eigenvalue weighted by molar-refractivity contribution is 0.0522. The first-order chi connectivity index (χ1) is 7.72. The number of ether oxygens (including phenoxy) is 2. The highest BCUT2D eigenvalue weighted by Gasteiger charge is 2.07. The molecule has 0 radical (unpaired) electrons. The first kappa shape index (κ1) is 10.7. The highest BCUT2D eigenvalue weighted by atomic mass is 16.7. The Labute approximate surface area is 92.4 Å². The lowest BCUT2D eigenvalue weighted by atomic mass is 10.1. The third-order valence-electron chi connectivity index (χ3n) is 2.26. The minimum atomic E-state index is -0.353. The van der Waals surface area contributed by atoms with E-state index < -0.39 is 0 Å². The van der Waals surface area contributed by atoms with E-state index in [0.717, 1.165) is 10.9 Å². The second-order valence-corrected chi connectivity index (χ2v) is 3.43. The van der Waals surface area contributed by atoms with Gasteiger partial charge in [-0.3, -0.25) is 0 Å². The molecular weight excluding hydrogens is 208 g/mol. The van der Waals surface area contributed by atoms with E-state index >= 15 is 0 Å². The van der Waals surface area contributed by atoms with E-state index in [1.807, 2.05) is 13.0 Å². The van der Waals surface area contributed by atoms with Crippen LogP contribution in [0.25, 0.3) is 11.0 Å². The van der Waals surface area contributed by atoms with Crippen molar-refractivity contribution in [1.82, 2.24) is 0 Å². The van der Waals surface area contributed by atoms with E-state index in [4.69, 9.17) is 13.9 Å². The van der Waals surface area contributed by atoms with Crippen molar-refractivity contribution in [2.45, 2.75) is 6.92 Å². The number of benzene rings is 1. The van der Waals surface area contributed by atoms with Gasteiger partial charge < -0.3 is 13.9 Å². The molecule has 0 fully saturated rings. The van der Waals surface area contributed by atoms with E-state index in [2.05, 4.69) is 0 Å². The topological polar surface area (TPSA) is 48.7 Å². The summed E-state index contributed by atoms with van der Waals surface area (Å²) in [6.07, 6.45) is 0. The maximum absolute atomic E-state index is 11.2. The number of hydrogen-bond acceptors (Lipinski definition) is 4. The van der Waals surface area contributed by atoms with Gasteiger partial charge in [-0.25, -0.2) is 4.79 Å². The monoisotopic (exact) mass is 220 g/mol. The van der Waals surface area contributed by atoms with Gasteiger partial charge in [0.15, 0.2) is 6.79 Å². The molecule has 0 bridgehead atoms.